The van der Waals surface area contributed by atoms with E-state index in [1.807, 2.05) is 18.0 Å². The molecule has 0 spiro atoms. The maximum absolute atomic E-state index is 4.44. The lowest BCUT2D eigenvalue weighted by Gasteiger charge is -2.39. The quantitative estimate of drug-likeness (QED) is 0.552. The van der Waals surface area contributed by atoms with Crippen LogP contribution in [0.5, 0.6) is 0 Å². The Hall–Kier alpha value is -2.26. The number of thioether (sulfide) groups is 1. The second kappa shape index (κ2) is 6.48. The van der Waals surface area contributed by atoms with Gasteiger partial charge in [-0.25, -0.2) is 0 Å². The molecule has 2 aromatic carbocycles. The summed E-state index contributed by atoms with van der Waals surface area (Å²) in [6.07, 6.45) is 7.61. The third-order valence-electron chi connectivity index (χ3n) is 5.65. The molecule has 0 N–H and O–H groups in total. The third kappa shape index (κ3) is 2.53. The minimum Gasteiger partial charge on any atom is -0.347 e. The maximum atomic E-state index is 4.44. The van der Waals surface area contributed by atoms with Crippen molar-refractivity contribution in [3.8, 4) is 0 Å². The summed E-state index contributed by atoms with van der Waals surface area (Å²) in [5, 5.41) is 0.289. The molecule has 1 unspecified atom stereocenters. The van der Waals surface area contributed by atoms with Gasteiger partial charge in [-0.1, -0.05) is 48.2 Å². The summed E-state index contributed by atoms with van der Waals surface area (Å²) in [4.78, 5) is 8.47. The zero-order chi connectivity index (χ0) is 17.5. The molecule has 1 aliphatic carbocycles. The molecule has 2 aliphatic rings. The zero-order valence-corrected chi connectivity index (χ0v) is 15.7. The molecule has 26 heavy (non-hydrogen) atoms. The topological polar surface area (TPSA) is 16.1 Å². The molecule has 0 bridgehead atoms. The predicted molar refractivity (Wildman–Crippen MR) is 109 cm³/mol. The number of aryl methyl sites for hydroxylation is 2. The average molecular weight is 359 g/mol. The first-order valence-electron chi connectivity index (χ1n) is 9.35. The van der Waals surface area contributed by atoms with Gasteiger partial charge >= 0.3 is 0 Å². The first-order valence-corrected chi connectivity index (χ1v) is 10.2. The van der Waals surface area contributed by atoms with Gasteiger partial charge in [0, 0.05) is 22.9 Å². The lowest BCUT2D eigenvalue weighted by Crippen LogP contribution is -2.31. The zero-order valence-electron chi connectivity index (χ0n) is 14.9. The van der Waals surface area contributed by atoms with Gasteiger partial charge in [-0.3, -0.25) is 4.98 Å². The molecule has 2 heterocycles. The van der Waals surface area contributed by atoms with Gasteiger partial charge in [-0.15, -0.1) is 0 Å². The van der Waals surface area contributed by atoms with Gasteiger partial charge in [-0.2, -0.15) is 0 Å². The molecule has 2 atom stereocenters. The monoisotopic (exact) mass is 358 g/mol. The van der Waals surface area contributed by atoms with Crippen molar-refractivity contribution in [3.05, 3.63) is 89.2 Å². The van der Waals surface area contributed by atoms with Crippen LogP contribution in [0.15, 0.2) is 71.9 Å². The number of fused-ring (bicyclic) bond motifs is 2. The Morgan fingerprint density at radius 1 is 1.00 bits per heavy atom. The highest BCUT2D eigenvalue weighted by molar-refractivity contribution is 8.00. The molecule has 1 aromatic heterocycles. The van der Waals surface area contributed by atoms with E-state index < -0.39 is 0 Å². The number of pyridine rings is 1. The Morgan fingerprint density at radius 3 is 2.77 bits per heavy atom. The second-order valence-corrected chi connectivity index (χ2v) is 8.31. The van der Waals surface area contributed by atoms with Gasteiger partial charge in [0.1, 0.15) is 5.37 Å². The Bertz CT molecular complexity index is 950. The number of hydrogen-bond acceptors (Lipinski definition) is 3. The predicted octanol–water partition coefficient (Wildman–Crippen LogP) is 6.08. The van der Waals surface area contributed by atoms with Crippen LogP contribution in [0.1, 0.15) is 46.5 Å². The maximum Gasteiger partial charge on any atom is 0.108 e. The summed E-state index contributed by atoms with van der Waals surface area (Å²) in [5.74, 6) is 0. The van der Waals surface area contributed by atoms with Gasteiger partial charge in [0.2, 0.25) is 0 Å². The number of nitrogens with zero attached hydrogens (tertiary/aromatic N) is 2. The summed E-state index contributed by atoms with van der Waals surface area (Å²) in [6.45, 7) is 2.20. The minimum absolute atomic E-state index is 0.289. The lowest BCUT2D eigenvalue weighted by molar-refractivity contribution is 0.516. The van der Waals surface area contributed by atoms with Crippen LogP contribution in [-0.2, 0) is 6.42 Å². The highest BCUT2D eigenvalue weighted by Gasteiger charge is 2.38. The van der Waals surface area contributed by atoms with Gasteiger partial charge < -0.3 is 4.90 Å². The molecule has 0 amide bonds. The molecule has 0 fully saturated rings. The number of aromatic nitrogens is 1. The first-order chi connectivity index (χ1) is 12.8. The SMILES string of the molecule is Cc1ccncc1[C@@H]1Sc2ccccc2N1C1CCCc2ccccc21. The van der Waals surface area contributed by atoms with Crippen LogP contribution in [0.3, 0.4) is 0 Å². The number of benzene rings is 2. The van der Waals surface area contributed by atoms with Gasteiger partial charge in [0.15, 0.2) is 0 Å². The number of rotatable bonds is 2. The van der Waals surface area contributed by atoms with Crippen LogP contribution in [0, 0.1) is 6.92 Å². The van der Waals surface area contributed by atoms with Crippen molar-refractivity contribution < 1.29 is 0 Å². The second-order valence-electron chi connectivity index (χ2n) is 7.18. The number of hydrogen-bond donors (Lipinski definition) is 0. The Balaban J connectivity index is 1.66. The summed E-state index contributed by atoms with van der Waals surface area (Å²) >= 11 is 1.97. The Labute approximate surface area is 159 Å². The molecular weight excluding hydrogens is 336 g/mol. The van der Waals surface area contributed by atoms with E-state index in [-0.39, 0.29) is 5.37 Å². The van der Waals surface area contributed by atoms with Crippen LogP contribution in [0.4, 0.5) is 5.69 Å². The summed E-state index contributed by atoms with van der Waals surface area (Å²) in [6, 6.07) is 20.4. The van der Waals surface area contributed by atoms with Crippen molar-refractivity contribution in [2.45, 2.75) is 42.5 Å². The molecule has 1 aliphatic heterocycles. The van der Waals surface area contributed by atoms with Crippen molar-refractivity contribution in [3.63, 3.8) is 0 Å². The van der Waals surface area contributed by atoms with Gasteiger partial charge in [0.05, 0.1) is 11.7 Å². The van der Waals surface area contributed by atoms with Crippen LogP contribution >= 0.6 is 11.8 Å². The van der Waals surface area contributed by atoms with E-state index in [1.54, 1.807) is 0 Å². The third-order valence-corrected chi connectivity index (χ3v) is 6.96. The smallest absolute Gasteiger partial charge is 0.108 e. The average Bonchev–Trinajstić information content (AvgIpc) is 3.07. The summed E-state index contributed by atoms with van der Waals surface area (Å²) < 4.78 is 0. The fourth-order valence-electron chi connectivity index (χ4n) is 4.37. The van der Waals surface area contributed by atoms with Crippen molar-refractivity contribution >= 4 is 17.4 Å². The minimum atomic E-state index is 0.289. The number of para-hydroxylation sites is 1. The molecule has 0 radical (unpaired) electrons. The standard InChI is InChI=1S/C23H22N2S/c1-16-13-14-24-15-19(16)23-25(21-10-4-5-12-22(21)26-23)20-11-6-8-17-7-2-3-9-18(17)20/h2-5,7,9-10,12-15,20,23H,6,8,11H2,1H3/t20?,23-/m0/s1. The van der Waals surface area contributed by atoms with E-state index >= 15 is 0 Å². The lowest BCUT2D eigenvalue weighted by atomic mass is 9.86. The summed E-state index contributed by atoms with van der Waals surface area (Å²) in [5.41, 5.74) is 7.03. The van der Waals surface area contributed by atoms with Crippen molar-refractivity contribution in [2.75, 3.05) is 4.90 Å². The Kier molecular flexibility index (Phi) is 3.97. The highest BCUT2D eigenvalue weighted by Crippen LogP contribution is 2.56. The molecule has 0 saturated carbocycles. The van der Waals surface area contributed by atoms with Crippen LogP contribution in [-0.4, -0.2) is 4.98 Å². The fraction of sp³-hybridized carbons (Fsp3) is 0.261. The van der Waals surface area contributed by atoms with Gasteiger partial charge in [-0.05, 0) is 61.1 Å². The highest BCUT2D eigenvalue weighted by atomic mass is 32.2. The van der Waals surface area contributed by atoms with Crippen LogP contribution in [0.2, 0.25) is 0 Å². The molecule has 3 aromatic rings. The fourth-order valence-corrected chi connectivity index (χ4v) is 5.81. The normalized spacial score (nSPS) is 21.3. The van der Waals surface area contributed by atoms with E-state index in [9.17, 15) is 0 Å². The molecule has 3 heteroatoms. The molecule has 2 nitrogen and oxygen atoms in total. The van der Waals surface area contributed by atoms with Crippen LogP contribution in [0.25, 0.3) is 0 Å². The first kappa shape index (κ1) is 16.0. The molecule has 5 rings (SSSR count). The van der Waals surface area contributed by atoms with Gasteiger partial charge in [0.25, 0.3) is 0 Å². The van der Waals surface area contributed by atoms with Crippen molar-refractivity contribution in [1.29, 1.82) is 0 Å². The largest absolute Gasteiger partial charge is 0.347 e. The van der Waals surface area contributed by atoms with Crippen molar-refractivity contribution in [1.82, 2.24) is 4.98 Å². The summed E-state index contributed by atoms with van der Waals surface area (Å²) in [7, 11) is 0. The number of anilines is 1. The Morgan fingerprint density at radius 2 is 1.85 bits per heavy atom. The van der Waals surface area contributed by atoms with E-state index in [0.717, 1.165) is 0 Å². The molecular formula is C23H22N2S. The van der Waals surface area contributed by atoms with E-state index in [0.29, 0.717) is 6.04 Å². The molecule has 130 valence electrons. The molecule has 0 saturated heterocycles. The van der Waals surface area contributed by atoms with Crippen LogP contribution < -0.4 is 4.90 Å². The van der Waals surface area contributed by atoms with Crippen molar-refractivity contribution in [2.24, 2.45) is 0 Å². The van der Waals surface area contributed by atoms with E-state index in [2.05, 4.69) is 77.6 Å². The van der Waals surface area contributed by atoms with E-state index in [4.69, 9.17) is 0 Å². The van der Waals surface area contributed by atoms with E-state index in [1.165, 1.54) is 52.1 Å².